The number of benzene rings is 1. The highest BCUT2D eigenvalue weighted by atomic mass is 79.9. The quantitative estimate of drug-likeness (QED) is 0.593. The molecular weight excluding hydrogens is 474 g/mol. The lowest BCUT2D eigenvalue weighted by molar-refractivity contribution is 0.285. The number of alkyl halides is 1. The van der Waals surface area contributed by atoms with Crippen molar-refractivity contribution in [1.29, 1.82) is 0 Å². The molecule has 1 saturated heterocycles. The first-order valence-corrected chi connectivity index (χ1v) is 10.5. The second-order valence-electron chi connectivity index (χ2n) is 5.06. The van der Waals surface area contributed by atoms with Crippen LogP contribution in [0.25, 0.3) is 0 Å². The second kappa shape index (κ2) is 6.77. The highest BCUT2D eigenvalue weighted by Gasteiger charge is 2.31. The normalized spacial score (nSPS) is 21.1. The molecule has 20 heavy (non-hydrogen) atoms. The molecule has 0 N–H and O–H groups in total. The number of aryl methyl sites for hydroxylation is 1. The van der Waals surface area contributed by atoms with Crippen molar-refractivity contribution in [2.75, 3.05) is 18.4 Å². The topological polar surface area (TPSA) is 37.4 Å². The van der Waals surface area contributed by atoms with Crippen molar-refractivity contribution in [2.24, 2.45) is 5.92 Å². The molecule has 0 bridgehead atoms. The molecular formula is C13H16Br3NO2S. The van der Waals surface area contributed by atoms with Crippen LogP contribution in [0, 0.1) is 12.8 Å². The van der Waals surface area contributed by atoms with Gasteiger partial charge in [0.05, 0.1) is 4.90 Å². The molecule has 0 spiro atoms. The lowest BCUT2D eigenvalue weighted by Crippen LogP contribution is -2.40. The SMILES string of the molecule is Cc1cc(Br)c(S(=O)(=O)N2CCCC(CBr)C2)cc1Br. The van der Waals surface area contributed by atoms with E-state index in [1.54, 1.807) is 10.4 Å². The van der Waals surface area contributed by atoms with Gasteiger partial charge in [0.1, 0.15) is 0 Å². The average molecular weight is 490 g/mol. The van der Waals surface area contributed by atoms with E-state index >= 15 is 0 Å². The van der Waals surface area contributed by atoms with Crippen LogP contribution in [-0.2, 0) is 10.0 Å². The Balaban J connectivity index is 2.37. The minimum absolute atomic E-state index is 0.338. The standard InChI is InChI=1S/C13H16Br3NO2S/c1-9-5-12(16)13(6-11(9)15)20(18,19)17-4-2-3-10(7-14)8-17/h5-6,10H,2-4,7-8H2,1H3. The van der Waals surface area contributed by atoms with E-state index in [0.29, 0.717) is 28.4 Å². The summed E-state index contributed by atoms with van der Waals surface area (Å²) in [5.74, 6) is 0.395. The fourth-order valence-corrected chi connectivity index (χ4v) is 6.06. The molecule has 0 aliphatic carbocycles. The lowest BCUT2D eigenvalue weighted by Gasteiger charge is -2.31. The number of nitrogens with zero attached hydrogens (tertiary/aromatic N) is 1. The van der Waals surface area contributed by atoms with E-state index in [-0.39, 0.29) is 0 Å². The summed E-state index contributed by atoms with van der Waals surface area (Å²) in [7, 11) is -3.44. The minimum Gasteiger partial charge on any atom is -0.207 e. The second-order valence-corrected chi connectivity index (χ2v) is 9.32. The third-order valence-electron chi connectivity index (χ3n) is 3.53. The first-order chi connectivity index (χ1) is 9.36. The maximum absolute atomic E-state index is 12.8. The zero-order valence-corrected chi connectivity index (χ0v) is 16.6. The van der Waals surface area contributed by atoms with Crippen LogP contribution in [0.3, 0.4) is 0 Å². The van der Waals surface area contributed by atoms with Crippen molar-refractivity contribution in [3.05, 3.63) is 26.6 Å². The van der Waals surface area contributed by atoms with Crippen molar-refractivity contribution in [1.82, 2.24) is 4.31 Å². The third-order valence-corrected chi connectivity index (χ3v) is 8.12. The third kappa shape index (κ3) is 3.48. The summed E-state index contributed by atoms with van der Waals surface area (Å²) in [5.41, 5.74) is 1.01. The fourth-order valence-electron chi connectivity index (χ4n) is 2.34. The Morgan fingerprint density at radius 3 is 2.65 bits per heavy atom. The first kappa shape index (κ1) is 16.9. The van der Waals surface area contributed by atoms with E-state index in [9.17, 15) is 8.42 Å². The van der Waals surface area contributed by atoms with Crippen LogP contribution in [0.5, 0.6) is 0 Å². The van der Waals surface area contributed by atoms with Crippen LogP contribution in [0.2, 0.25) is 0 Å². The number of rotatable bonds is 3. The van der Waals surface area contributed by atoms with Crippen LogP contribution in [-0.4, -0.2) is 31.1 Å². The molecule has 7 heteroatoms. The maximum atomic E-state index is 12.8. The molecule has 1 aliphatic heterocycles. The van der Waals surface area contributed by atoms with Crippen LogP contribution >= 0.6 is 47.8 Å². The van der Waals surface area contributed by atoms with Crippen LogP contribution in [0.4, 0.5) is 0 Å². The van der Waals surface area contributed by atoms with Gasteiger partial charge in [0.25, 0.3) is 0 Å². The Morgan fingerprint density at radius 2 is 2.00 bits per heavy atom. The zero-order valence-electron chi connectivity index (χ0n) is 11.1. The van der Waals surface area contributed by atoms with Crippen molar-refractivity contribution in [3.8, 4) is 0 Å². The minimum atomic E-state index is -3.44. The molecule has 1 atom stereocenters. The lowest BCUT2D eigenvalue weighted by atomic mass is 10.0. The highest BCUT2D eigenvalue weighted by Crippen LogP contribution is 2.32. The Labute approximate surface area is 145 Å². The van der Waals surface area contributed by atoms with Gasteiger partial charge in [-0.1, -0.05) is 31.9 Å². The monoisotopic (exact) mass is 487 g/mol. The van der Waals surface area contributed by atoms with Gasteiger partial charge in [-0.15, -0.1) is 0 Å². The predicted octanol–water partition coefficient (Wildman–Crippen LogP) is 4.32. The Morgan fingerprint density at radius 1 is 1.30 bits per heavy atom. The first-order valence-electron chi connectivity index (χ1n) is 6.38. The van der Waals surface area contributed by atoms with Gasteiger partial charge in [0.15, 0.2) is 0 Å². The number of halogens is 3. The summed E-state index contributed by atoms with van der Waals surface area (Å²) in [5, 5.41) is 0.845. The van der Waals surface area contributed by atoms with Crippen molar-refractivity contribution >= 4 is 57.8 Å². The molecule has 0 amide bonds. The van der Waals surface area contributed by atoms with Crippen molar-refractivity contribution < 1.29 is 8.42 Å². The molecule has 0 aromatic heterocycles. The number of hydrogen-bond donors (Lipinski definition) is 0. The van der Waals surface area contributed by atoms with E-state index in [1.165, 1.54) is 0 Å². The summed E-state index contributed by atoms with van der Waals surface area (Å²) < 4.78 is 28.6. The van der Waals surface area contributed by atoms with Gasteiger partial charge < -0.3 is 0 Å². The molecule has 2 rings (SSSR count). The summed E-state index contributed by atoms with van der Waals surface area (Å²) in [6.07, 6.45) is 2.00. The average Bonchev–Trinajstić information content (AvgIpc) is 2.42. The molecule has 1 unspecified atom stereocenters. The van der Waals surface area contributed by atoms with E-state index in [1.807, 2.05) is 13.0 Å². The van der Waals surface area contributed by atoms with Crippen molar-refractivity contribution in [2.45, 2.75) is 24.7 Å². The van der Waals surface area contributed by atoms with Gasteiger partial charge in [-0.2, -0.15) is 4.31 Å². The van der Waals surface area contributed by atoms with E-state index < -0.39 is 10.0 Å². The predicted molar refractivity (Wildman–Crippen MR) is 91.9 cm³/mol. The maximum Gasteiger partial charge on any atom is 0.244 e. The van der Waals surface area contributed by atoms with Gasteiger partial charge in [0, 0.05) is 27.4 Å². The Hall–Kier alpha value is 0.570. The molecule has 1 heterocycles. The van der Waals surface area contributed by atoms with Gasteiger partial charge in [-0.25, -0.2) is 8.42 Å². The summed E-state index contributed by atoms with van der Waals surface area (Å²) in [6, 6.07) is 3.52. The summed E-state index contributed by atoms with van der Waals surface area (Å²) >= 11 is 10.2. The van der Waals surface area contributed by atoms with Crippen LogP contribution in [0.1, 0.15) is 18.4 Å². The Bertz CT molecular complexity index is 604. The molecule has 1 aromatic carbocycles. The van der Waals surface area contributed by atoms with Gasteiger partial charge in [0.2, 0.25) is 10.0 Å². The molecule has 3 nitrogen and oxygen atoms in total. The molecule has 1 fully saturated rings. The fraction of sp³-hybridized carbons (Fsp3) is 0.538. The van der Waals surface area contributed by atoms with Crippen molar-refractivity contribution in [3.63, 3.8) is 0 Å². The van der Waals surface area contributed by atoms with E-state index in [4.69, 9.17) is 0 Å². The highest BCUT2D eigenvalue weighted by molar-refractivity contribution is 9.11. The van der Waals surface area contributed by atoms with Gasteiger partial charge in [-0.05, 0) is 59.3 Å². The summed E-state index contributed by atoms with van der Waals surface area (Å²) in [6.45, 7) is 3.13. The molecule has 0 saturated carbocycles. The van der Waals surface area contributed by atoms with Gasteiger partial charge >= 0.3 is 0 Å². The largest absolute Gasteiger partial charge is 0.244 e. The molecule has 112 valence electrons. The van der Waals surface area contributed by atoms with Gasteiger partial charge in [-0.3, -0.25) is 0 Å². The van der Waals surface area contributed by atoms with Crippen LogP contribution < -0.4 is 0 Å². The number of hydrogen-bond acceptors (Lipinski definition) is 2. The van der Waals surface area contributed by atoms with Crippen LogP contribution in [0.15, 0.2) is 26.0 Å². The number of piperidine rings is 1. The summed E-state index contributed by atoms with van der Waals surface area (Å²) in [4.78, 5) is 0.338. The smallest absolute Gasteiger partial charge is 0.207 e. The zero-order chi connectivity index (χ0) is 14.9. The van der Waals surface area contributed by atoms with E-state index in [2.05, 4.69) is 47.8 Å². The molecule has 0 radical (unpaired) electrons. The molecule has 1 aromatic rings. The number of sulfonamides is 1. The van der Waals surface area contributed by atoms with E-state index in [0.717, 1.165) is 28.2 Å². The Kier molecular flexibility index (Phi) is 5.73. The molecule has 1 aliphatic rings.